The lowest BCUT2D eigenvalue weighted by Crippen LogP contribution is -2.43. The van der Waals surface area contributed by atoms with Crippen LogP contribution in [0, 0.1) is 5.82 Å². The summed E-state index contributed by atoms with van der Waals surface area (Å²) in [6.07, 6.45) is -0.361. The first-order valence-electron chi connectivity index (χ1n) is 7.65. The lowest BCUT2D eigenvalue weighted by atomic mass is 10.2. The largest absolute Gasteiger partial charge is 0.450 e. The fraction of sp³-hybridized carbons (Fsp3) is 0.562. The van der Waals surface area contributed by atoms with E-state index in [1.54, 1.807) is 17.9 Å². The monoisotopic (exact) mass is 310 g/mol. The average molecular weight is 310 g/mol. The van der Waals surface area contributed by atoms with Gasteiger partial charge in [-0.15, -0.1) is 0 Å². The van der Waals surface area contributed by atoms with Gasteiger partial charge in [0.1, 0.15) is 5.82 Å². The second kappa shape index (κ2) is 8.70. The lowest BCUT2D eigenvalue weighted by Gasteiger charge is -2.29. The van der Waals surface area contributed by atoms with Gasteiger partial charge >= 0.3 is 6.09 Å². The lowest BCUT2D eigenvalue weighted by molar-refractivity contribution is 0.0318. The van der Waals surface area contributed by atoms with E-state index in [2.05, 4.69) is 4.90 Å². The zero-order valence-corrected chi connectivity index (χ0v) is 13.0. The van der Waals surface area contributed by atoms with Crippen LogP contribution in [0.1, 0.15) is 12.5 Å². The quantitative estimate of drug-likeness (QED) is 0.807. The molecule has 6 heteroatoms. The van der Waals surface area contributed by atoms with Crippen LogP contribution in [0.2, 0.25) is 0 Å². The molecule has 1 fully saturated rings. The van der Waals surface area contributed by atoms with Crippen molar-refractivity contribution in [3.05, 3.63) is 35.6 Å². The van der Waals surface area contributed by atoms with Crippen molar-refractivity contribution in [2.75, 3.05) is 46.0 Å². The Morgan fingerprint density at radius 1 is 1.41 bits per heavy atom. The molecule has 1 saturated heterocycles. The molecule has 0 bridgehead atoms. The zero-order valence-electron chi connectivity index (χ0n) is 13.0. The SMILES string of the molecule is CCOC(=O)N(CCN1CCOCC1)Cc1cccc(F)c1. The van der Waals surface area contributed by atoms with Crippen molar-refractivity contribution in [1.82, 2.24) is 9.80 Å². The van der Waals surface area contributed by atoms with Gasteiger partial charge in [-0.3, -0.25) is 4.90 Å². The van der Waals surface area contributed by atoms with Crippen LogP contribution in [0.15, 0.2) is 24.3 Å². The Morgan fingerprint density at radius 3 is 2.86 bits per heavy atom. The molecule has 1 aromatic carbocycles. The first-order valence-corrected chi connectivity index (χ1v) is 7.65. The van der Waals surface area contributed by atoms with Crippen LogP contribution in [-0.2, 0) is 16.0 Å². The molecule has 1 aliphatic rings. The van der Waals surface area contributed by atoms with E-state index < -0.39 is 0 Å². The van der Waals surface area contributed by atoms with E-state index in [1.165, 1.54) is 12.1 Å². The van der Waals surface area contributed by atoms with E-state index in [0.29, 0.717) is 19.7 Å². The normalized spacial score (nSPS) is 15.5. The van der Waals surface area contributed by atoms with E-state index in [9.17, 15) is 9.18 Å². The number of benzene rings is 1. The van der Waals surface area contributed by atoms with Crippen molar-refractivity contribution in [2.45, 2.75) is 13.5 Å². The van der Waals surface area contributed by atoms with Crippen LogP contribution in [0.4, 0.5) is 9.18 Å². The van der Waals surface area contributed by atoms with Crippen LogP contribution in [0.5, 0.6) is 0 Å². The van der Waals surface area contributed by atoms with E-state index in [4.69, 9.17) is 9.47 Å². The maximum absolute atomic E-state index is 13.3. The Hall–Kier alpha value is -1.66. The van der Waals surface area contributed by atoms with Gasteiger partial charge in [-0.2, -0.15) is 0 Å². The van der Waals surface area contributed by atoms with Gasteiger partial charge in [-0.25, -0.2) is 9.18 Å². The maximum atomic E-state index is 13.3. The van der Waals surface area contributed by atoms with Crippen molar-refractivity contribution in [1.29, 1.82) is 0 Å². The number of nitrogens with zero attached hydrogens (tertiary/aromatic N) is 2. The number of hydrogen-bond donors (Lipinski definition) is 0. The fourth-order valence-corrected chi connectivity index (χ4v) is 2.39. The summed E-state index contributed by atoms with van der Waals surface area (Å²) < 4.78 is 23.7. The maximum Gasteiger partial charge on any atom is 0.410 e. The molecule has 1 amide bonds. The van der Waals surface area contributed by atoms with Gasteiger partial charge in [0.2, 0.25) is 0 Å². The predicted octanol–water partition coefficient (Wildman–Crippen LogP) is 2.12. The molecule has 0 saturated carbocycles. The second-order valence-electron chi connectivity index (χ2n) is 5.20. The Bertz CT molecular complexity index is 478. The Labute approximate surface area is 130 Å². The first-order chi connectivity index (χ1) is 10.7. The highest BCUT2D eigenvalue weighted by molar-refractivity contribution is 5.67. The number of carbonyl (C=O) groups is 1. The average Bonchev–Trinajstić information content (AvgIpc) is 2.52. The number of hydrogen-bond acceptors (Lipinski definition) is 4. The molecule has 0 unspecified atom stereocenters. The van der Waals surface area contributed by atoms with E-state index in [-0.39, 0.29) is 11.9 Å². The van der Waals surface area contributed by atoms with Crippen LogP contribution in [0.3, 0.4) is 0 Å². The summed E-state index contributed by atoms with van der Waals surface area (Å²) in [4.78, 5) is 15.9. The molecule has 0 aromatic heterocycles. The predicted molar refractivity (Wildman–Crippen MR) is 81.1 cm³/mol. The minimum absolute atomic E-state index is 0.297. The molecule has 5 nitrogen and oxygen atoms in total. The Kier molecular flexibility index (Phi) is 6.61. The van der Waals surface area contributed by atoms with Gasteiger partial charge in [-0.1, -0.05) is 12.1 Å². The number of carbonyl (C=O) groups excluding carboxylic acids is 1. The number of morpholine rings is 1. The summed E-state index contributed by atoms with van der Waals surface area (Å²) >= 11 is 0. The molecule has 0 spiro atoms. The van der Waals surface area contributed by atoms with Crippen LogP contribution >= 0.6 is 0 Å². The zero-order chi connectivity index (χ0) is 15.8. The van der Waals surface area contributed by atoms with Gasteiger partial charge in [0, 0.05) is 32.7 Å². The van der Waals surface area contributed by atoms with Crippen LogP contribution < -0.4 is 0 Å². The Balaban J connectivity index is 1.94. The molecule has 1 aromatic rings. The highest BCUT2D eigenvalue weighted by atomic mass is 19.1. The van der Waals surface area contributed by atoms with Crippen molar-refractivity contribution in [2.24, 2.45) is 0 Å². The number of halogens is 1. The number of amides is 1. The third-order valence-electron chi connectivity index (χ3n) is 3.58. The van der Waals surface area contributed by atoms with E-state index >= 15 is 0 Å². The molecule has 0 radical (unpaired) electrons. The first kappa shape index (κ1) is 16.7. The summed E-state index contributed by atoms with van der Waals surface area (Å²) in [7, 11) is 0. The third kappa shape index (κ3) is 5.27. The summed E-state index contributed by atoms with van der Waals surface area (Å²) in [5, 5.41) is 0. The minimum Gasteiger partial charge on any atom is -0.450 e. The highest BCUT2D eigenvalue weighted by Gasteiger charge is 2.18. The molecule has 2 rings (SSSR count). The van der Waals surface area contributed by atoms with Gasteiger partial charge in [0.25, 0.3) is 0 Å². The minimum atomic E-state index is -0.361. The molecule has 0 atom stereocenters. The summed E-state index contributed by atoms with van der Waals surface area (Å²) in [6.45, 7) is 6.96. The molecule has 1 heterocycles. The van der Waals surface area contributed by atoms with Crippen molar-refractivity contribution in [3.63, 3.8) is 0 Å². The molecular formula is C16H23FN2O3. The fourth-order valence-electron chi connectivity index (χ4n) is 2.39. The highest BCUT2D eigenvalue weighted by Crippen LogP contribution is 2.09. The standard InChI is InChI=1S/C16H23FN2O3/c1-2-22-16(20)19(7-6-18-8-10-21-11-9-18)13-14-4-3-5-15(17)12-14/h3-5,12H,2,6-11,13H2,1H3. The molecular weight excluding hydrogens is 287 g/mol. The van der Waals surface area contributed by atoms with Crippen LogP contribution in [-0.4, -0.2) is 61.9 Å². The van der Waals surface area contributed by atoms with Gasteiger partial charge in [0.05, 0.1) is 19.8 Å². The molecule has 1 aliphatic heterocycles. The number of ether oxygens (including phenoxy) is 2. The summed E-state index contributed by atoms with van der Waals surface area (Å²) in [6, 6.07) is 6.30. The smallest absolute Gasteiger partial charge is 0.410 e. The molecule has 0 N–H and O–H groups in total. The van der Waals surface area contributed by atoms with E-state index in [0.717, 1.165) is 38.4 Å². The molecule has 22 heavy (non-hydrogen) atoms. The van der Waals surface area contributed by atoms with Gasteiger partial charge in [0.15, 0.2) is 0 Å². The van der Waals surface area contributed by atoms with Crippen molar-refractivity contribution < 1.29 is 18.7 Å². The molecule has 122 valence electrons. The van der Waals surface area contributed by atoms with Crippen LogP contribution in [0.25, 0.3) is 0 Å². The third-order valence-corrected chi connectivity index (χ3v) is 3.58. The second-order valence-corrected chi connectivity index (χ2v) is 5.20. The summed E-state index contributed by atoms with van der Waals surface area (Å²) in [5.74, 6) is -0.297. The van der Waals surface area contributed by atoms with E-state index in [1.807, 2.05) is 6.07 Å². The van der Waals surface area contributed by atoms with Gasteiger partial charge in [-0.05, 0) is 24.6 Å². The summed E-state index contributed by atoms with van der Waals surface area (Å²) in [5.41, 5.74) is 0.759. The topological polar surface area (TPSA) is 42.0 Å². The van der Waals surface area contributed by atoms with Crippen molar-refractivity contribution >= 4 is 6.09 Å². The van der Waals surface area contributed by atoms with Crippen molar-refractivity contribution in [3.8, 4) is 0 Å². The number of rotatable bonds is 6. The Morgan fingerprint density at radius 2 is 2.18 bits per heavy atom. The molecule has 0 aliphatic carbocycles. The van der Waals surface area contributed by atoms with Gasteiger partial charge < -0.3 is 14.4 Å².